The zero-order chi connectivity index (χ0) is 14.4. The SMILES string of the molecule is CCCNC1(CO)CCC(N2CCCC(CC)CC2)C1. The molecule has 0 aromatic rings. The summed E-state index contributed by atoms with van der Waals surface area (Å²) in [6.45, 7) is 8.42. The van der Waals surface area contributed by atoms with Crippen LogP contribution in [0.15, 0.2) is 0 Å². The maximum Gasteiger partial charge on any atom is 0.0613 e. The molecule has 1 heterocycles. The van der Waals surface area contributed by atoms with Crippen molar-refractivity contribution in [2.45, 2.75) is 76.8 Å². The van der Waals surface area contributed by atoms with Gasteiger partial charge in [0.1, 0.15) is 0 Å². The van der Waals surface area contributed by atoms with Gasteiger partial charge in [-0.05, 0) is 70.5 Å². The summed E-state index contributed by atoms with van der Waals surface area (Å²) in [6, 6.07) is 0.696. The third-order valence-electron chi connectivity index (χ3n) is 5.61. The normalized spacial score (nSPS) is 36.1. The highest BCUT2D eigenvalue weighted by molar-refractivity contribution is 4.99. The lowest BCUT2D eigenvalue weighted by Gasteiger charge is -2.32. The fourth-order valence-corrected chi connectivity index (χ4v) is 4.12. The predicted octanol–water partition coefficient (Wildman–Crippen LogP) is 2.78. The maximum absolute atomic E-state index is 9.81. The van der Waals surface area contributed by atoms with Crippen LogP contribution in [0.2, 0.25) is 0 Å². The number of rotatable bonds is 6. The van der Waals surface area contributed by atoms with Crippen LogP contribution in [0.5, 0.6) is 0 Å². The summed E-state index contributed by atoms with van der Waals surface area (Å²) in [5.74, 6) is 0.946. The lowest BCUT2D eigenvalue weighted by Crippen LogP contribution is -2.48. The van der Waals surface area contributed by atoms with Gasteiger partial charge in [-0.1, -0.05) is 20.3 Å². The molecule has 1 saturated heterocycles. The van der Waals surface area contributed by atoms with E-state index in [0.29, 0.717) is 12.6 Å². The van der Waals surface area contributed by atoms with E-state index in [1.165, 1.54) is 45.2 Å². The Balaban J connectivity index is 1.87. The van der Waals surface area contributed by atoms with Crippen LogP contribution in [0.25, 0.3) is 0 Å². The highest BCUT2D eigenvalue weighted by atomic mass is 16.3. The van der Waals surface area contributed by atoms with Crippen LogP contribution < -0.4 is 5.32 Å². The molecule has 1 aliphatic carbocycles. The Bertz CT molecular complexity index is 284. The average molecular weight is 282 g/mol. The van der Waals surface area contributed by atoms with Crippen molar-refractivity contribution in [1.29, 1.82) is 0 Å². The second kappa shape index (κ2) is 7.77. The summed E-state index contributed by atoms with van der Waals surface area (Å²) in [5, 5.41) is 13.4. The molecule has 3 atom stereocenters. The van der Waals surface area contributed by atoms with Gasteiger partial charge >= 0.3 is 0 Å². The Hall–Kier alpha value is -0.120. The molecule has 0 aromatic heterocycles. The molecule has 0 aromatic carbocycles. The fraction of sp³-hybridized carbons (Fsp3) is 1.00. The Morgan fingerprint density at radius 1 is 1.20 bits per heavy atom. The van der Waals surface area contributed by atoms with Gasteiger partial charge in [0.25, 0.3) is 0 Å². The van der Waals surface area contributed by atoms with E-state index in [9.17, 15) is 5.11 Å². The van der Waals surface area contributed by atoms with Gasteiger partial charge in [-0.25, -0.2) is 0 Å². The molecule has 0 spiro atoms. The van der Waals surface area contributed by atoms with E-state index in [0.717, 1.165) is 31.7 Å². The van der Waals surface area contributed by atoms with Crippen LogP contribution in [-0.2, 0) is 0 Å². The van der Waals surface area contributed by atoms with Gasteiger partial charge in [-0.2, -0.15) is 0 Å². The van der Waals surface area contributed by atoms with Crippen LogP contribution in [0.4, 0.5) is 0 Å². The molecule has 1 saturated carbocycles. The molecule has 118 valence electrons. The predicted molar refractivity (Wildman–Crippen MR) is 85.0 cm³/mol. The molecule has 0 radical (unpaired) electrons. The van der Waals surface area contributed by atoms with Crippen molar-refractivity contribution in [2.75, 3.05) is 26.2 Å². The minimum atomic E-state index is 0.0111. The lowest BCUT2D eigenvalue weighted by molar-refractivity contribution is 0.143. The van der Waals surface area contributed by atoms with Crippen molar-refractivity contribution < 1.29 is 5.11 Å². The second-order valence-corrected chi connectivity index (χ2v) is 7.00. The van der Waals surface area contributed by atoms with E-state index in [4.69, 9.17) is 0 Å². The summed E-state index contributed by atoms with van der Waals surface area (Å²) in [6.07, 6.45) is 10.2. The number of hydrogen-bond donors (Lipinski definition) is 2. The van der Waals surface area contributed by atoms with Crippen molar-refractivity contribution in [3.63, 3.8) is 0 Å². The number of nitrogens with one attached hydrogen (secondary N) is 1. The third-order valence-corrected chi connectivity index (χ3v) is 5.61. The van der Waals surface area contributed by atoms with Gasteiger partial charge in [-0.3, -0.25) is 0 Å². The Morgan fingerprint density at radius 2 is 2.05 bits per heavy atom. The lowest BCUT2D eigenvalue weighted by atomic mass is 9.97. The minimum Gasteiger partial charge on any atom is -0.394 e. The summed E-state index contributed by atoms with van der Waals surface area (Å²) in [5.41, 5.74) is 0.0111. The molecular formula is C17H34N2O. The molecule has 0 bridgehead atoms. The highest BCUT2D eigenvalue weighted by Crippen LogP contribution is 2.34. The molecular weight excluding hydrogens is 248 g/mol. The second-order valence-electron chi connectivity index (χ2n) is 7.00. The van der Waals surface area contributed by atoms with Crippen molar-refractivity contribution in [3.8, 4) is 0 Å². The number of nitrogens with zero attached hydrogens (tertiary/aromatic N) is 1. The number of aliphatic hydroxyl groups is 1. The van der Waals surface area contributed by atoms with Gasteiger partial charge < -0.3 is 15.3 Å². The van der Waals surface area contributed by atoms with Gasteiger partial charge in [0.05, 0.1) is 6.61 Å². The van der Waals surface area contributed by atoms with E-state index in [2.05, 4.69) is 24.1 Å². The fourth-order valence-electron chi connectivity index (χ4n) is 4.12. The van der Waals surface area contributed by atoms with Crippen LogP contribution in [0.3, 0.4) is 0 Å². The molecule has 3 heteroatoms. The minimum absolute atomic E-state index is 0.0111. The molecule has 0 amide bonds. The van der Waals surface area contributed by atoms with Gasteiger partial charge in [-0.15, -0.1) is 0 Å². The highest BCUT2D eigenvalue weighted by Gasteiger charge is 2.40. The van der Waals surface area contributed by atoms with Crippen LogP contribution in [-0.4, -0.2) is 47.8 Å². The smallest absolute Gasteiger partial charge is 0.0613 e. The van der Waals surface area contributed by atoms with Crippen LogP contribution in [0, 0.1) is 5.92 Å². The number of aliphatic hydroxyl groups excluding tert-OH is 1. The van der Waals surface area contributed by atoms with Crippen molar-refractivity contribution in [3.05, 3.63) is 0 Å². The number of likely N-dealkylation sites (tertiary alicyclic amines) is 1. The monoisotopic (exact) mass is 282 g/mol. The molecule has 1 aliphatic heterocycles. The first-order valence-electron chi connectivity index (χ1n) is 8.83. The summed E-state index contributed by atoms with van der Waals surface area (Å²) >= 11 is 0. The van der Waals surface area contributed by atoms with E-state index >= 15 is 0 Å². The summed E-state index contributed by atoms with van der Waals surface area (Å²) in [4.78, 5) is 2.72. The van der Waals surface area contributed by atoms with E-state index in [1.54, 1.807) is 0 Å². The first kappa shape index (κ1) is 16.3. The Morgan fingerprint density at radius 3 is 2.75 bits per heavy atom. The molecule has 3 nitrogen and oxygen atoms in total. The van der Waals surface area contributed by atoms with Crippen molar-refractivity contribution in [1.82, 2.24) is 10.2 Å². The zero-order valence-corrected chi connectivity index (χ0v) is 13.5. The molecule has 2 rings (SSSR count). The van der Waals surface area contributed by atoms with Gasteiger partial charge in [0, 0.05) is 11.6 Å². The Kier molecular flexibility index (Phi) is 6.31. The van der Waals surface area contributed by atoms with E-state index < -0.39 is 0 Å². The molecule has 20 heavy (non-hydrogen) atoms. The summed E-state index contributed by atoms with van der Waals surface area (Å²) < 4.78 is 0. The summed E-state index contributed by atoms with van der Waals surface area (Å²) in [7, 11) is 0. The van der Waals surface area contributed by atoms with Crippen molar-refractivity contribution >= 4 is 0 Å². The molecule has 3 unspecified atom stereocenters. The van der Waals surface area contributed by atoms with E-state index in [1.807, 2.05) is 0 Å². The third kappa shape index (κ3) is 3.96. The standard InChI is InChI=1S/C17H34N2O/c1-3-10-18-17(14-20)9-7-16(13-17)19-11-5-6-15(4-2)8-12-19/h15-16,18,20H,3-14H2,1-2H3. The zero-order valence-electron chi connectivity index (χ0n) is 13.5. The Labute approximate surface area is 125 Å². The van der Waals surface area contributed by atoms with Crippen LogP contribution in [0.1, 0.15) is 65.2 Å². The first-order chi connectivity index (χ1) is 9.73. The topological polar surface area (TPSA) is 35.5 Å². The molecule has 2 aliphatic rings. The van der Waals surface area contributed by atoms with Crippen molar-refractivity contribution in [2.24, 2.45) is 5.92 Å². The first-order valence-corrected chi connectivity index (χ1v) is 8.83. The van der Waals surface area contributed by atoms with E-state index in [-0.39, 0.29) is 5.54 Å². The molecule has 2 N–H and O–H groups in total. The maximum atomic E-state index is 9.81. The van der Waals surface area contributed by atoms with Crippen LogP contribution >= 0.6 is 0 Å². The average Bonchev–Trinajstić information content (AvgIpc) is 2.76. The quantitative estimate of drug-likeness (QED) is 0.786. The largest absolute Gasteiger partial charge is 0.394 e. The van der Waals surface area contributed by atoms with Gasteiger partial charge in [0.15, 0.2) is 0 Å². The number of hydrogen-bond acceptors (Lipinski definition) is 3. The van der Waals surface area contributed by atoms with Gasteiger partial charge in [0.2, 0.25) is 0 Å². The molecule has 2 fully saturated rings.